The topological polar surface area (TPSA) is 59.0 Å². The first-order valence-electron chi connectivity index (χ1n) is 5.23. The molecule has 0 aromatic heterocycles. The molecule has 2 fully saturated rings. The second-order valence-corrected chi connectivity index (χ2v) is 6.67. The Kier molecular flexibility index (Phi) is 3.69. The molecule has 5 nitrogen and oxygen atoms in total. The number of aliphatic imine (C=N–C) groups is 1. The Labute approximate surface area is 119 Å². The van der Waals surface area contributed by atoms with Crippen molar-refractivity contribution in [3.8, 4) is 0 Å². The van der Waals surface area contributed by atoms with Crippen LogP contribution in [-0.2, 0) is 14.3 Å². The number of thiocarbonyl (C=S) groups is 1. The molecule has 0 spiro atoms. The van der Waals surface area contributed by atoms with E-state index in [0.717, 1.165) is 0 Å². The third-order valence-electron chi connectivity index (χ3n) is 3.02. The number of rotatable bonds is 3. The first-order valence-corrected chi connectivity index (χ1v) is 7.06. The summed E-state index contributed by atoms with van der Waals surface area (Å²) in [7, 11) is 0. The lowest BCUT2D eigenvalue weighted by Gasteiger charge is -2.41. The van der Waals surface area contributed by atoms with Crippen molar-refractivity contribution in [2.24, 2.45) is 4.99 Å². The van der Waals surface area contributed by atoms with E-state index in [9.17, 15) is 9.59 Å². The highest BCUT2D eigenvalue weighted by Gasteiger charge is 2.64. The highest BCUT2D eigenvalue weighted by Crippen LogP contribution is 2.51. The van der Waals surface area contributed by atoms with Crippen LogP contribution in [0.4, 0.5) is 0 Å². The van der Waals surface area contributed by atoms with Crippen molar-refractivity contribution in [1.29, 1.82) is 0 Å². The van der Waals surface area contributed by atoms with Crippen LogP contribution in [0.15, 0.2) is 4.99 Å². The average molecular weight is 307 g/mol. The van der Waals surface area contributed by atoms with Gasteiger partial charge in [-0.2, -0.15) is 0 Å². The Morgan fingerprint density at radius 3 is 2.94 bits per heavy atom. The maximum atomic E-state index is 11.9. The molecule has 0 bridgehead atoms. The van der Waals surface area contributed by atoms with E-state index in [2.05, 4.69) is 22.4 Å². The highest BCUT2D eigenvalue weighted by atomic mass is 35.5. The fourth-order valence-corrected chi connectivity index (χ4v) is 4.11. The highest BCUT2D eigenvalue weighted by molar-refractivity contribution is 8.01. The van der Waals surface area contributed by atoms with Gasteiger partial charge in [0, 0.05) is 4.75 Å². The van der Waals surface area contributed by atoms with Crippen molar-refractivity contribution in [3.63, 3.8) is 0 Å². The second-order valence-electron chi connectivity index (χ2n) is 4.50. The summed E-state index contributed by atoms with van der Waals surface area (Å²) < 4.78 is 4.37. The van der Waals surface area contributed by atoms with Crippen molar-refractivity contribution in [2.45, 2.75) is 36.1 Å². The van der Waals surface area contributed by atoms with Crippen molar-refractivity contribution >= 4 is 52.6 Å². The standard InChI is InChI=1S/C10H11ClN2O3S2/c1-10(2)6(9(15)16-3-11)13-7(14)5(12-4-17)8(13)18-10/h5-6,8H,3H2,1-2H3/t5?,6-,8+/m0/s1. The molecular formula is C10H11ClN2O3S2. The number of isothiocyanates is 1. The van der Waals surface area contributed by atoms with Gasteiger partial charge < -0.3 is 9.64 Å². The van der Waals surface area contributed by atoms with Crippen LogP contribution in [0.2, 0.25) is 0 Å². The van der Waals surface area contributed by atoms with Crippen LogP contribution in [0.3, 0.4) is 0 Å². The second kappa shape index (κ2) is 4.81. The number of thioether (sulfide) groups is 1. The van der Waals surface area contributed by atoms with Gasteiger partial charge >= 0.3 is 5.97 Å². The van der Waals surface area contributed by atoms with E-state index in [4.69, 9.17) is 16.3 Å². The summed E-state index contributed by atoms with van der Waals surface area (Å²) in [6.45, 7) is 3.78. The van der Waals surface area contributed by atoms with E-state index < -0.39 is 22.8 Å². The van der Waals surface area contributed by atoms with E-state index in [-0.39, 0.29) is 17.3 Å². The zero-order chi connectivity index (χ0) is 13.5. The SMILES string of the molecule is CC1(C)S[C@@H]2C(N=C=S)C(=O)N2[C@H]1C(=O)OCCl. The predicted molar refractivity (Wildman–Crippen MR) is 71.7 cm³/mol. The number of alkyl halides is 1. The summed E-state index contributed by atoms with van der Waals surface area (Å²) in [5.41, 5.74) is 0. The molecule has 1 unspecified atom stereocenters. The monoisotopic (exact) mass is 306 g/mol. The number of hydrogen-bond acceptors (Lipinski definition) is 6. The average Bonchev–Trinajstić information content (AvgIpc) is 2.55. The Balaban J connectivity index is 2.25. The van der Waals surface area contributed by atoms with Gasteiger partial charge in [0.05, 0.1) is 5.16 Å². The molecule has 1 amide bonds. The van der Waals surface area contributed by atoms with Gasteiger partial charge in [0.25, 0.3) is 5.91 Å². The minimum absolute atomic E-state index is 0.171. The summed E-state index contributed by atoms with van der Waals surface area (Å²) >= 11 is 11.4. The molecule has 3 atom stereocenters. The predicted octanol–water partition coefficient (Wildman–Crippen LogP) is 1.26. The lowest BCUT2D eigenvalue weighted by atomic mass is 9.96. The summed E-state index contributed by atoms with van der Waals surface area (Å²) in [4.78, 5) is 29.1. The van der Waals surface area contributed by atoms with Crippen molar-refractivity contribution < 1.29 is 14.3 Å². The third kappa shape index (κ3) is 1.95. The number of fused-ring (bicyclic) bond motifs is 1. The molecule has 2 aliphatic heterocycles. The number of hydrogen-bond donors (Lipinski definition) is 0. The van der Waals surface area contributed by atoms with Crippen molar-refractivity contribution in [1.82, 2.24) is 4.90 Å². The zero-order valence-electron chi connectivity index (χ0n) is 9.75. The number of β-lactam (4-membered cyclic amide) rings is 1. The van der Waals surface area contributed by atoms with Crippen LogP contribution in [0.5, 0.6) is 0 Å². The van der Waals surface area contributed by atoms with E-state index in [0.29, 0.717) is 0 Å². The number of nitrogens with zero attached hydrogens (tertiary/aromatic N) is 2. The normalized spacial score (nSPS) is 32.3. The van der Waals surface area contributed by atoms with Crippen molar-refractivity contribution in [3.05, 3.63) is 0 Å². The minimum atomic E-state index is -0.629. The third-order valence-corrected chi connectivity index (χ3v) is 4.80. The Hall–Kier alpha value is -0.620. The zero-order valence-corrected chi connectivity index (χ0v) is 12.1. The van der Waals surface area contributed by atoms with Crippen LogP contribution in [-0.4, -0.2) is 50.2 Å². The summed E-state index contributed by atoms with van der Waals surface area (Å²) in [6.07, 6.45) is 0. The molecule has 98 valence electrons. The molecule has 0 radical (unpaired) electrons. The van der Waals surface area contributed by atoms with Gasteiger partial charge in [-0.05, 0) is 26.1 Å². The van der Waals surface area contributed by atoms with Crippen LogP contribution < -0.4 is 0 Å². The molecule has 18 heavy (non-hydrogen) atoms. The molecule has 2 saturated heterocycles. The van der Waals surface area contributed by atoms with Crippen molar-refractivity contribution in [2.75, 3.05) is 6.07 Å². The number of ether oxygens (including phenoxy) is 1. The Morgan fingerprint density at radius 2 is 2.39 bits per heavy atom. The van der Waals surface area contributed by atoms with Crippen LogP contribution in [0, 0.1) is 0 Å². The minimum Gasteiger partial charge on any atom is -0.448 e. The van der Waals surface area contributed by atoms with Gasteiger partial charge in [-0.3, -0.25) is 4.79 Å². The lowest BCUT2D eigenvalue weighted by molar-refractivity contribution is -0.161. The smallest absolute Gasteiger partial charge is 0.331 e. The molecule has 2 rings (SSSR count). The Morgan fingerprint density at radius 1 is 1.72 bits per heavy atom. The molecular weight excluding hydrogens is 296 g/mol. The summed E-state index contributed by atoms with van der Waals surface area (Å²) in [5, 5.41) is 2.05. The first-order chi connectivity index (χ1) is 8.44. The number of carbonyl (C=O) groups excluding carboxylic acids is 2. The molecule has 0 saturated carbocycles. The van der Waals surface area contributed by atoms with Gasteiger partial charge in [-0.15, -0.1) is 11.8 Å². The van der Waals surface area contributed by atoms with Gasteiger partial charge in [0.2, 0.25) is 0 Å². The molecule has 8 heteroatoms. The molecule has 2 heterocycles. The van der Waals surface area contributed by atoms with Gasteiger partial charge in [0.1, 0.15) is 11.4 Å². The van der Waals surface area contributed by atoms with Gasteiger partial charge in [0.15, 0.2) is 12.1 Å². The van der Waals surface area contributed by atoms with Crippen LogP contribution in [0.25, 0.3) is 0 Å². The molecule has 0 aromatic rings. The summed E-state index contributed by atoms with van der Waals surface area (Å²) in [6, 6.07) is -1.37. The molecule has 0 aliphatic carbocycles. The molecule has 0 N–H and O–H groups in total. The maximum Gasteiger partial charge on any atom is 0.331 e. The number of halogens is 1. The molecule has 2 aliphatic rings. The van der Waals surface area contributed by atoms with Gasteiger partial charge in [-0.25, -0.2) is 9.79 Å². The number of carbonyl (C=O) groups is 2. The maximum absolute atomic E-state index is 11.9. The van der Waals surface area contributed by atoms with E-state index in [1.165, 1.54) is 16.7 Å². The largest absolute Gasteiger partial charge is 0.448 e. The quantitative estimate of drug-likeness (QED) is 0.258. The summed E-state index contributed by atoms with van der Waals surface area (Å²) in [5.74, 6) is -0.699. The van der Waals surface area contributed by atoms with E-state index in [1.54, 1.807) is 0 Å². The Bertz CT molecular complexity index is 450. The van der Waals surface area contributed by atoms with E-state index >= 15 is 0 Å². The van der Waals surface area contributed by atoms with Gasteiger partial charge in [-0.1, -0.05) is 11.6 Å². The lowest BCUT2D eigenvalue weighted by Crippen LogP contribution is -2.65. The van der Waals surface area contributed by atoms with Crippen LogP contribution in [0.1, 0.15) is 13.8 Å². The van der Waals surface area contributed by atoms with Crippen LogP contribution >= 0.6 is 35.6 Å². The van der Waals surface area contributed by atoms with E-state index in [1.807, 2.05) is 13.8 Å². The number of amides is 1. The number of esters is 1. The fraction of sp³-hybridized carbons (Fsp3) is 0.700. The molecule has 0 aromatic carbocycles. The first kappa shape index (κ1) is 13.8. The fourth-order valence-electron chi connectivity index (χ4n) is 2.28.